The van der Waals surface area contributed by atoms with E-state index in [1.807, 2.05) is 30.3 Å². The molecular formula is C30H29F6NO2. The maximum absolute atomic E-state index is 13.3. The number of alkyl halides is 6. The molecule has 0 amide bonds. The first-order valence-electron chi connectivity index (χ1n) is 12.8. The van der Waals surface area contributed by atoms with E-state index in [4.69, 9.17) is 0 Å². The van der Waals surface area contributed by atoms with Crippen molar-refractivity contribution in [1.29, 1.82) is 0 Å². The van der Waals surface area contributed by atoms with Gasteiger partial charge in [-0.3, -0.25) is 9.69 Å². The third-order valence-electron chi connectivity index (χ3n) is 7.41. The number of carboxylic acid groups (broad SMARTS) is 1. The van der Waals surface area contributed by atoms with E-state index >= 15 is 0 Å². The van der Waals surface area contributed by atoms with E-state index in [0.717, 1.165) is 29.8 Å². The van der Waals surface area contributed by atoms with Gasteiger partial charge >= 0.3 is 18.3 Å². The van der Waals surface area contributed by atoms with E-state index in [-0.39, 0.29) is 18.4 Å². The number of carbonyl (C=O) groups is 1. The maximum Gasteiger partial charge on any atom is 0.416 e. The molecule has 1 fully saturated rings. The fraction of sp³-hybridized carbons (Fsp3) is 0.367. The summed E-state index contributed by atoms with van der Waals surface area (Å²) >= 11 is 0. The van der Waals surface area contributed by atoms with Crippen LogP contribution in [0.3, 0.4) is 0 Å². The highest BCUT2D eigenvalue weighted by Gasteiger charge is 2.37. The average Bonchev–Trinajstić information content (AvgIpc) is 2.89. The van der Waals surface area contributed by atoms with Gasteiger partial charge in [0, 0.05) is 18.5 Å². The minimum atomic E-state index is -4.49. The summed E-state index contributed by atoms with van der Waals surface area (Å²) in [6.07, 6.45) is -6.84. The van der Waals surface area contributed by atoms with Gasteiger partial charge in [-0.25, -0.2) is 0 Å². The Morgan fingerprint density at radius 2 is 1.41 bits per heavy atom. The van der Waals surface area contributed by atoms with Crippen molar-refractivity contribution in [2.75, 3.05) is 6.54 Å². The first-order chi connectivity index (χ1) is 18.4. The highest BCUT2D eigenvalue weighted by Crippen LogP contribution is 2.43. The number of likely N-dealkylation sites (tertiary alicyclic amines) is 1. The van der Waals surface area contributed by atoms with Crippen molar-refractivity contribution in [2.24, 2.45) is 5.92 Å². The van der Waals surface area contributed by atoms with Crippen molar-refractivity contribution in [2.45, 2.75) is 56.5 Å². The van der Waals surface area contributed by atoms with E-state index in [0.29, 0.717) is 43.4 Å². The Morgan fingerprint density at radius 1 is 0.846 bits per heavy atom. The molecule has 1 N–H and O–H groups in total. The molecule has 39 heavy (non-hydrogen) atoms. The standard InChI is InChI=1S/C30H29F6NO2/c31-29(32,33)24-11-7-22(8-12-24)26(15-6-20-4-2-1-3-5-20)37-17-16-21(19-28(38)39)18-27(37)23-9-13-25(14-10-23)30(34,35)36/h1-5,7-14,21,26-27H,6,15-19H2,(H,38,39). The molecule has 3 nitrogen and oxygen atoms in total. The number of nitrogens with zero attached hydrogens (tertiary/aromatic N) is 1. The monoisotopic (exact) mass is 549 g/mol. The number of benzene rings is 3. The van der Waals surface area contributed by atoms with Crippen molar-refractivity contribution < 1.29 is 36.2 Å². The van der Waals surface area contributed by atoms with E-state index < -0.39 is 35.5 Å². The quantitative estimate of drug-likeness (QED) is 0.287. The molecule has 1 heterocycles. The Bertz CT molecular complexity index is 1220. The molecule has 3 aromatic rings. The van der Waals surface area contributed by atoms with Crippen molar-refractivity contribution in [1.82, 2.24) is 4.90 Å². The highest BCUT2D eigenvalue weighted by molar-refractivity contribution is 5.67. The molecule has 0 radical (unpaired) electrons. The fourth-order valence-electron chi connectivity index (χ4n) is 5.45. The van der Waals surface area contributed by atoms with Gasteiger partial charge in [0.05, 0.1) is 11.1 Å². The predicted octanol–water partition coefficient (Wildman–Crippen LogP) is 8.33. The Kier molecular flexibility index (Phi) is 8.69. The molecular weight excluding hydrogens is 520 g/mol. The van der Waals surface area contributed by atoms with Crippen molar-refractivity contribution in [3.63, 3.8) is 0 Å². The average molecular weight is 550 g/mol. The molecule has 0 spiro atoms. The third kappa shape index (κ3) is 7.41. The molecule has 4 rings (SSSR count). The van der Waals surface area contributed by atoms with E-state index in [1.165, 1.54) is 24.3 Å². The number of aliphatic carboxylic acids is 1. The van der Waals surface area contributed by atoms with Crippen LogP contribution in [0.4, 0.5) is 26.3 Å². The molecule has 1 saturated heterocycles. The van der Waals surface area contributed by atoms with Gasteiger partial charge in [0.15, 0.2) is 0 Å². The van der Waals surface area contributed by atoms with Gasteiger partial charge in [-0.15, -0.1) is 0 Å². The molecule has 208 valence electrons. The first kappa shape index (κ1) is 28.7. The summed E-state index contributed by atoms with van der Waals surface area (Å²) in [6.45, 7) is 0.462. The van der Waals surface area contributed by atoms with Crippen LogP contribution in [0.25, 0.3) is 0 Å². The highest BCUT2D eigenvalue weighted by atomic mass is 19.4. The lowest BCUT2D eigenvalue weighted by atomic mass is 9.82. The van der Waals surface area contributed by atoms with Crippen LogP contribution in [0.2, 0.25) is 0 Å². The van der Waals surface area contributed by atoms with E-state index in [1.54, 1.807) is 0 Å². The molecule has 1 aliphatic heterocycles. The predicted molar refractivity (Wildman–Crippen MR) is 135 cm³/mol. The summed E-state index contributed by atoms with van der Waals surface area (Å²) in [5.74, 6) is -1.11. The van der Waals surface area contributed by atoms with Gasteiger partial charge in [-0.1, -0.05) is 54.6 Å². The van der Waals surface area contributed by atoms with Gasteiger partial charge in [0.25, 0.3) is 0 Å². The van der Waals surface area contributed by atoms with Crippen molar-refractivity contribution >= 4 is 5.97 Å². The Hall–Kier alpha value is -3.33. The van der Waals surface area contributed by atoms with E-state index in [2.05, 4.69) is 4.90 Å². The maximum atomic E-state index is 13.3. The first-order valence-corrected chi connectivity index (χ1v) is 12.8. The van der Waals surface area contributed by atoms with Gasteiger partial charge in [0.2, 0.25) is 0 Å². The molecule has 0 bridgehead atoms. The molecule has 0 aromatic heterocycles. The van der Waals surface area contributed by atoms with Gasteiger partial charge in [-0.2, -0.15) is 26.3 Å². The van der Waals surface area contributed by atoms with Crippen LogP contribution in [0.1, 0.15) is 65.6 Å². The Labute approximate surface area is 223 Å². The van der Waals surface area contributed by atoms with Crippen LogP contribution < -0.4 is 0 Å². The normalized spacial score (nSPS) is 19.5. The number of hydrogen-bond donors (Lipinski definition) is 1. The summed E-state index contributed by atoms with van der Waals surface area (Å²) in [4.78, 5) is 13.6. The smallest absolute Gasteiger partial charge is 0.416 e. The number of hydrogen-bond acceptors (Lipinski definition) is 2. The summed E-state index contributed by atoms with van der Waals surface area (Å²) < 4.78 is 79.4. The SMILES string of the molecule is O=C(O)CC1CCN(C(CCc2ccccc2)c2ccc(C(F)(F)F)cc2)C(c2ccc(C(F)(F)F)cc2)C1. The third-order valence-corrected chi connectivity index (χ3v) is 7.41. The molecule has 3 unspecified atom stereocenters. The lowest BCUT2D eigenvalue weighted by molar-refractivity contribution is -0.139. The minimum absolute atomic E-state index is 0.0556. The Morgan fingerprint density at radius 3 is 1.95 bits per heavy atom. The number of rotatable bonds is 8. The van der Waals surface area contributed by atoms with Crippen LogP contribution in [0.15, 0.2) is 78.9 Å². The van der Waals surface area contributed by atoms with Gasteiger partial charge < -0.3 is 5.11 Å². The molecule has 3 atom stereocenters. The van der Waals surface area contributed by atoms with Crippen LogP contribution in [-0.2, 0) is 23.6 Å². The van der Waals surface area contributed by atoms with Crippen molar-refractivity contribution in [3.05, 3.63) is 107 Å². The largest absolute Gasteiger partial charge is 0.481 e. The summed E-state index contributed by atoms with van der Waals surface area (Å²) in [7, 11) is 0. The number of carboxylic acids is 1. The topological polar surface area (TPSA) is 40.5 Å². The fourth-order valence-corrected chi connectivity index (χ4v) is 5.45. The zero-order valence-electron chi connectivity index (χ0n) is 21.1. The second-order valence-electron chi connectivity index (χ2n) is 10.0. The number of aryl methyl sites for hydroxylation is 1. The van der Waals surface area contributed by atoms with Crippen molar-refractivity contribution in [3.8, 4) is 0 Å². The number of piperidine rings is 1. The molecule has 3 aromatic carbocycles. The lowest BCUT2D eigenvalue weighted by Crippen LogP contribution is -2.40. The van der Waals surface area contributed by atoms with Gasteiger partial charge in [0.1, 0.15) is 0 Å². The second kappa shape index (κ2) is 11.8. The zero-order chi connectivity index (χ0) is 28.2. The molecule has 0 aliphatic carbocycles. The van der Waals surface area contributed by atoms with Gasteiger partial charge in [-0.05, 0) is 79.1 Å². The Balaban J connectivity index is 1.70. The van der Waals surface area contributed by atoms with E-state index in [9.17, 15) is 36.2 Å². The van der Waals surface area contributed by atoms with Crippen LogP contribution in [0, 0.1) is 5.92 Å². The zero-order valence-corrected chi connectivity index (χ0v) is 21.1. The molecule has 1 aliphatic rings. The molecule has 9 heteroatoms. The van der Waals surface area contributed by atoms with Crippen LogP contribution in [-0.4, -0.2) is 22.5 Å². The number of halogens is 6. The van der Waals surface area contributed by atoms with Crippen LogP contribution >= 0.6 is 0 Å². The summed E-state index contributed by atoms with van der Waals surface area (Å²) in [5.41, 5.74) is 0.815. The summed E-state index contributed by atoms with van der Waals surface area (Å²) in [6, 6.07) is 18.8. The second-order valence-corrected chi connectivity index (χ2v) is 10.0. The molecule has 0 saturated carbocycles. The summed E-state index contributed by atoms with van der Waals surface area (Å²) in [5, 5.41) is 9.37. The lowest BCUT2D eigenvalue weighted by Gasteiger charge is -2.44. The van der Waals surface area contributed by atoms with Crippen LogP contribution in [0.5, 0.6) is 0 Å². The minimum Gasteiger partial charge on any atom is -0.481 e.